The minimum absolute atomic E-state index is 0.0426. The summed E-state index contributed by atoms with van der Waals surface area (Å²) in [4.78, 5) is 28.4. The van der Waals surface area contributed by atoms with Crippen LogP contribution in [0.2, 0.25) is 0 Å². The first-order valence-electron chi connectivity index (χ1n) is 11.1. The number of amides is 2. The summed E-state index contributed by atoms with van der Waals surface area (Å²) in [7, 11) is 3.22. The van der Waals surface area contributed by atoms with Crippen LogP contribution in [0.1, 0.15) is 28.1 Å². The van der Waals surface area contributed by atoms with Gasteiger partial charge in [-0.3, -0.25) is 9.59 Å². The number of benzene rings is 1. The molecule has 0 unspecified atom stereocenters. The maximum atomic E-state index is 13.1. The molecule has 1 aliphatic rings. The van der Waals surface area contributed by atoms with Crippen LogP contribution in [0, 0.1) is 5.92 Å². The molecule has 7 nitrogen and oxygen atoms in total. The lowest BCUT2D eigenvalue weighted by Crippen LogP contribution is -2.43. The number of hydrogen-bond acceptors (Lipinski definition) is 5. The zero-order valence-electron chi connectivity index (χ0n) is 19.0. The van der Waals surface area contributed by atoms with Crippen molar-refractivity contribution in [2.45, 2.75) is 19.3 Å². The molecule has 1 saturated heterocycles. The fourth-order valence-electron chi connectivity index (χ4n) is 4.16. The van der Waals surface area contributed by atoms with Crippen LogP contribution >= 0.6 is 11.3 Å². The van der Waals surface area contributed by atoms with Gasteiger partial charge in [-0.15, -0.1) is 11.3 Å². The largest absolute Gasteiger partial charge is 0.493 e. The van der Waals surface area contributed by atoms with Gasteiger partial charge in [-0.25, -0.2) is 0 Å². The molecule has 2 aromatic heterocycles. The third kappa shape index (κ3) is 5.22. The minimum atomic E-state index is -0.0632. The highest BCUT2D eigenvalue weighted by Crippen LogP contribution is 2.28. The molecule has 1 fully saturated rings. The quantitative estimate of drug-likeness (QED) is 0.547. The fourth-order valence-corrected chi connectivity index (χ4v) is 5.02. The average Bonchev–Trinajstić information content (AvgIpc) is 3.55. The van der Waals surface area contributed by atoms with E-state index in [0.717, 1.165) is 16.1 Å². The van der Waals surface area contributed by atoms with Crippen LogP contribution in [0.25, 0.3) is 5.69 Å². The van der Waals surface area contributed by atoms with Crippen molar-refractivity contribution in [2.24, 2.45) is 5.92 Å². The Balaban J connectivity index is 1.26. The van der Waals surface area contributed by atoms with E-state index in [1.165, 1.54) is 11.3 Å². The Labute approximate surface area is 197 Å². The van der Waals surface area contributed by atoms with E-state index in [9.17, 15) is 9.59 Å². The molecular weight excluding hydrogens is 438 g/mol. The Morgan fingerprint density at radius 2 is 1.79 bits per heavy atom. The number of carbonyl (C=O) groups excluding carboxylic acids is 2. The summed E-state index contributed by atoms with van der Waals surface area (Å²) < 4.78 is 12.6. The standard InChI is InChI=1S/C25H29N3O4S/c1-31-21-6-5-18(17-22(21)32-2)7-11-26-24(29)19-8-14-28(15-9-19)25(30)23-20(10-16-33-23)27-12-3-4-13-27/h3-6,10,12-13,16-17,19H,7-9,11,14-15H2,1-2H3,(H,26,29). The molecule has 8 heteroatoms. The number of nitrogens with one attached hydrogen (secondary N) is 1. The number of ether oxygens (including phenoxy) is 2. The summed E-state index contributed by atoms with van der Waals surface area (Å²) in [6.45, 7) is 1.74. The van der Waals surface area contributed by atoms with E-state index in [1.54, 1.807) is 14.2 Å². The lowest BCUT2D eigenvalue weighted by Gasteiger charge is -2.31. The van der Waals surface area contributed by atoms with Gasteiger partial charge in [0.2, 0.25) is 5.91 Å². The van der Waals surface area contributed by atoms with E-state index in [0.29, 0.717) is 50.4 Å². The molecule has 0 bridgehead atoms. The summed E-state index contributed by atoms with van der Waals surface area (Å²) >= 11 is 1.46. The van der Waals surface area contributed by atoms with E-state index in [1.807, 2.05) is 63.6 Å². The van der Waals surface area contributed by atoms with E-state index in [2.05, 4.69) is 5.32 Å². The van der Waals surface area contributed by atoms with Gasteiger partial charge in [-0.1, -0.05) is 6.07 Å². The van der Waals surface area contributed by atoms with Gasteiger partial charge in [0.1, 0.15) is 4.88 Å². The minimum Gasteiger partial charge on any atom is -0.493 e. The number of carbonyl (C=O) groups is 2. The molecular formula is C25H29N3O4S. The highest BCUT2D eigenvalue weighted by molar-refractivity contribution is 7.12. The first-order valence-corrected chi connectivity index (χ1v) is 12.0. The van der Waals surface area contributed by atoms with Crippen molar-refractivity contribution >= 4 is 23.2 Å². The zero-order chi connectivity index (χ0) is 23.2. The molecule has 1 N–H and O–H groups in total. The number of hydrogen-bond donors (Lipinski definition) is 1. The maximum Gasteiger partial charge on any atom is 0.266 e. The maximum absolute atomic E-state index is 13.1. The number of piperidine rings is 1. The van der Waals surface area contributed by atoms with Crippen molar-refractivity contribution in [3.05, 3.63) is 64.6 Å². The van der Waals surface area contributed by atoms with Crippen molar-refractivity contribution in [1.82, 2.24) is 14.8 Å². The van der Waals surface area contributed by atoms with Crippen LogP contribution in [0.4, 0.5) is 0 Å². The summed E-state index contributed by atoms with van der Waals surface area (Å²) in [6.07, 6.45) is 5.95. The second kappa shape index (κ2) is 10.6. The number of methoxy groups -OCH3 is 2. The molecule has 1 aromatic carbocycles. The second-order valence-corrected chi connectivity index (χ2v) is 8.94. The Bertz CT molecular complexity index is 1090. The number of likely N-dealkylation sites (tertiary alicyclic amines) is 1. The molecule has 33 heavy (non-hydrogen) atoms. The molecule has 4 rings (SSSR count). The van der Waals surface area contributed by atoms with Crippen molar-refractivity contribution < 1.29 is 19.1 Å². The van der Waals surface area contributed by atoms with Crippen LogP contribution in [-0.2, 0) is 11.2 Å². The Kier molecular flexibility index (Phi) is 7.34. The van der Waals surface area contributed by atoms with Gasteiger partial charge in [0.15, 0.2) is 11.5 Å². The van der Waals surface area contributed by atoms with Gasteiger partial charge < -0.3 is 24.3 Å². The molecule has 2 amide bonds. The highest BCUT2D eigenvalue weighted by Gasteiger charge is 2.29. The Morgan fingerprint density at radius 1 is 1.06 bits per heavy atom. The molecule has 1 aliphatic heterocycles. The van der Waals surface area contributed by atoms with Crippen molar-refractivity contribution in [1.29, 1.82) is 0 Å². The third-order valence-corrected chi connectivity index (χ3v) is 6.93. The number of nitrogens with zero attached hydrogens (tertiary/aromatic N) is 2. The van der Waals surface area contributed by atoms with Gasteiger partial charge in [0, 0.05) is 37.9 Å². The van der Waals surface area contributed by atoms with Crippen LogP contribution in [0.15, 0.2) is 54.2 Å². The number of thiophene rings is 1. The van der Waals surface area contributed by atoms with Gasteiger partial charge in [-0.05, 0) is 60.5 Å². The molecule has 0 radical (unpaired) electrons. The van der Waals surface area contributed by atoms with Gasteiger partial charge in [0.25, 0.3) is 5.91 Å². The summed E-state index contributed by atoms with van der Waals surface area (Å²) in [5.41, 5.74) is 1.98. The first kappa shape index (κ1) is 22.9. The predicted octanol–water partition coefficient (Wildman–Crippen LogP) is 3.77. The number of aromatic nitrogens is 1. The molecule has 0 saturated carbocycles. The molecule has 0 aliphatic carbocycles. The topological polar surface area (TPSA) is 72.8 Å². The van der Waals surface area contributed by atoms with Crippen molar-refractivity contribution in [2.75, 3.05) is 33.9 Å². The van der Waals surface area contributed by atoms with E-state index < -0.39 is 0 Å². The van der Waals surface area contributed by atoms with Crippen LogP contribution in [0.5, 0.6) is 11.5 Å². The third-order valence-electron chi connectivity index (χ3n) is 6.04. The van der Waals surface area contributed by atoms with Crippen molar-refractivity contribution in [3.8, 4) is 17.2 Å². The van der Waals surface area contributed by atoms with Crippen LogP contribution in [0.3, 0.4) is 0 Å². The molecule has 3 aromatic rings. The van der Waals surface area contributed by atoms with Gasteiger partial charge in [-0.2, -0.15) is 0 Å². The number of rotatable bonds is 8. The smallest absolute Gasteiger partial charge is 0.266 e. The fraction of sp³-hybridized carbons (Fsp3) is 0.360. The SMILES string of the molecule is COc1ccc(CCNC(=O)C2CCN(C(=O)c3sccc3-n3cccc3)CC2)cc1OC. The Morgan fingerprint density at radius 3 is 2.48 bits per heavy atom. The second-order valence-electron chi connectivity index (χ2n) is 8.02. The van der Waals surface area contributed by atoms with Crippen molar-refractivity contribution in [3.63, 3.8) is 0 Å². The van der Waals surface area contributed by atoms with E-state index >= 15 is 0 Å². The zero-order valence-corrected chi connectivity index (χ0v) is 19.8. The summed E-state index contributed by atoms with van der Waals surface area (Å²) in [6, 6.07) is 11.6. The summed E-state index contributed by atoms with van der Waals surface area (Å²) in [5.74, 6) is 1.41. The first-order chi connectivity index (χ1) is 16.1. The van der Waals surface area contributed by atoms with Crippen LogP contribution < -0.4 is 14.8 Å². The normalized spacial score (nSPS) is 14.2. The molecule has 0 spiro atoms. The van der Waals surface area contributed by atoms with E-state index in [4.69, 9.17) is 9.47 Å². The van der Waals surface area contributed by atoms with Gasteiger partial charge in [0.05, 0.1) is 19.9 Å². The van der Waals surface area contributed by atoms with Crippen LogP contribution in [-0.4, -0.2) is 55.1 Å². The monoisotopic (exact) mass is 467 g/mol. The Hall–Kier alpha value is -3.26. The molecule has 3 heterocycles. The van der Waals surface area contributed by atoms with E-state index in [-0.39, 0.29) is 17.7 Å². The average molecular weight is 468 g/mol. The predicted molar refractivity (Wildman–Crippen MR) is 129 cm³/mol. The molecule has 174 valence electrons. The summed E-state index contributed by atoms with van der Waals surface area (Å²) in [5, 5.41) is 5.00. The molecule has 0 atom stereocenters. The lowest BCUT2D eigenvalue weighted by molar-refractivity contribution is -0.126. The lowest BCUT2D eigenvalue weighted by atomic mass is 9.95. The highest BCUT2D eigenvalue weighted by atomic mass is 32.1. The van der Waals surface area contributed by atoms with Gasteiger partial charge >= 0.3 is 0 Å².